The molecule has 2 saturated heterocycles. The summed E-state index contributed by atoms with van der Waals surface area (Å²) in [6.45, 7) is 4.10. The molecule has 0 atom stereocenters. The number of anilines is 1. The van der Waals surface area contributed by atoms with Crippen molar-refractivity contribution in [2.24, 2.45) is 13.0 Å². The maximum atomic E-state index is 12.4. The maximum Gasteiger partial charge on any atom is 0.328 e. The van der Waals surface area contributed by atoms with Crippen molar-refractivity contribution in [2.45, 2.75) is 57.3 Å². The number of aryl methyl sites for hydroxylation is 1. The number of rotatable bonds is 4. The number of hydrogen-bond donors (Lipinski definition) is 1. The fraction of sp³-hybridized carbons (Fsp3) is 0.600. The second-order valence-electron chi connectivity index (χ2n) is 9.70. The zero-order chi connectivity index (χ0) is 21.4. The van der Waals surface area contributed by atoms with Gasteiger partial charge in [0, 0.05) is 38.1 Å². The summed E-state index contributed by atoms with van der Waals surface area (Å²) in [5, 5.41) is 3.70. The van der Waals surface area contributed by atoms with Gasteiger partial charge in [-0.25, -0.2) is 4.79 Å². The Bertz CT molecular complexity index is 967. The Morgan fingerprint density at radius 2 is 1.77 bits per heavy atom. The highest BCUT2D eigenvalue weighted by Crippen LogP contribution is 2.38. The summed E-state index contributed by atoms with van der Waals surface area (Å²) in [4.78, 5) is 28.4. The van der Waals surface area contributed by atoms with E-state index in [1.165, 1.54) is 75.5 Å². The van der Waals surface area contributed by atoms with Crippen molar-refractivity contribution in [1.82, 2.24) is 14.8 Å². The third kappa shape index (κ3) is 4.10. The second-order valence-corrected chi connectivity index (χ2v) is 9.70. The first-order valence-electron chi connectivity index (χ1n) is 12.0. The number of hydrogen-bond acceptors (Lipinski definition) is 3. The molecule has 31 heavy (non-hydrogen) atoms. The highest BCUT2D eigenvalue weighted by molar-refractivity contribution is 6.09. The van der Waals surface area contributed by atoms with Crippen LogP contribution in [0.3, 0.4) is 0 Å². The third-order valence-corrected chi connectivity index (χ3v) is 7.62. The molecule has 1 aromatic carbocycles. The van der Waals surface area contributed by atoms with Gasteiger partial charge in [0.15, 0.2) is 0 Å². The monoisotopic (exact) mass is 422 g/mol. The summed E-state index contributed by atoms with van der Waals surface area (Å²) in [5.41, 5.74) is 3.39. The summed E-state index contributed by atoms with van der Waals surface area (Å²) in [5.74, 6) is 1.28. The minimum atomic E-state index is -0.317. The molecule has 3 heterocycles. The third-order valence-electron chi connectivity index (χ3n) is 7.62. The lowest BCUT2D eigenvalue weighted by atomic mass is 9.86. The van der Waals surface area contributed by atoms with Crippen molar-refractivity contribution in [3.05, 3.63) is 30.0 Å². The molecule has 3 amide bonds. The van der Waals surface area contributed by atoms with Crippen LogP contribution < -0.4 is 10.2 Å². The first kappa shape index (κ1) is 20.6. The van der Waals surface area contributed by atoms with Crippen molar-refractivity contribution in [3.8, 4) is 0 Å². The van der Waals surface area contributed by atoms with Crippen molar-refractivity contribution in [3.63, 3.8) is 0 Å². The minimum absolute atomic E-state index is 0.194. The van der Waals surface area contributed by atoms with Gasteiger partial charge in [0.05, 0.1) is 11.2 Å². The Balaban J connectivity index is 1.33. The molecule has 2 aliphatic heterocycles. The van der Waals surface area contributed by atoms with E-state index in [0.29, 0.717) is 18.9 Å². The highest BCUT2D eigenvalue weighted by atomic mass is 16.2. The van der Waals surface area contributed by atoms with Crippen LogP contribution in [0.4, 0.5) is 10.5 Å². The normalized spacial score (nSPS) is 22.3. The van der Waals surface area contributed by atoms with E-state index in [2.05, 4.69) is 34.1 Å². The van der Waals surface area contributed by atoms with Crippen LogP contribution >= 0.6 is 0 Å². The lowest BCUT2D eigenvalue weighted by Gasteiger charge is -2.35. The van der Waals surface area contributed by atoms with Crippen LogP contribution in [0.15, 0.2) is 24.4 Å². The molecule has 166 valence electrons. The topological polar surface area (TPSA) is 57.6 Å². The number of para-hydroxylation sites is 1. The SMILES string of the molecule is Cn1cc(C2CCN(CC3CCCCC3)CC2)c2cccc(N3CCC(=O)NC3=O)c21. The molecule has 1 aliphatic carbocycles. The number of amides is 3. The summed E-state index contributed by atoms with van der Waals surface area (Å²) in [6, 6.07) is 5.91. The largest absolute Gasteiger partial charge is 0.349 e. The van der Waals surface area contributed by atoms with E-state index in [0.717, 1.165) is 17.1 Å². The van der Waals surface area contributed by atoms with E-state index >= 15 is 0 Å². The molecule has 0 bridgehead atoms. The van der Waals surface area contributed by atoms with Gasteiger partial charge in [0.1, 0.15) is 0 Å². The average molecular weight is 423 g/mol. The predicted molar refractivity (Wildman–Crippen MR) is 123 cm³/mol. The minimum Gasteiger partial charge on any atom is -0.349 e. The van der Waals surface area contributed by atoms with Gasteiger partial charge < -0.3 is 9.47 Å². The Hall–Kier alpha value is -2.34. The van der Waals surface area contributed by atoms with Gasteiger partial charge in [0.2, 0.25) is 5.91 Å². The number of fused-ring (bicyclic) bond motifs is 1. The molecule has 0 unspecified atom stereocenters. The zero-order valence-corrected chi connectivity index (χ0v) is 18.6. The number of likely N-dealkylation sites (tertiary alicyclic amines) is 1. The summed E-state index contributed by atoms with van der Waals surface area (Å²) < 4.78 is 2.16. The number of urea groups is 1. The van der Waals surface area contributed by atoms with Crippen molar-refractivity contribution < 1.29 is 9.59 Å². The Morgan fingerprint density at radius 1 is 1.00 bits per heavy atom. The molecule has 6 heteroatoms. The van der Waals surface area contributed by atoms with E-state index in [9.17, 15) is 9.59 Å². The fourth-order valence-electron chi connectivity index (χ4n) is 5.98. The van der Waals surface area contributed by atoms with Gasteiger partial charge in [-0.15, -0.1) is 0 Å². The number of benzene rings is 1. The van der Waals surface area contributed by atoms with E-state index < -0.39 is 0 Å². The Kier molecular flexibility index (Phi) is 5.74. The Labute approximate surface area is 184 Å². The second kappa shape index (κ2) is 8.65. The van der Waals surface area contributed by atoms with Crippen LogP contribution in [0.25, 0.3) is 10.9 Å². The summed E-state index contributed by atoms with van der Waals surface area (Å²) in [6.07, 6.45) is 12.1. The molecule has 0 radical (unpaired) electrons. The van der Waals surface area contributed by atoms with Crippen LogP contribution in [0, 0.1) is 5.92 Å². The number of carbonyl (C=O) groups excluding carboxylic acids is 2. The number of nitrogens with one attached hydrogen (secondary N) is 1. The van der Waals surface area contributed by atoms with E-state index in [-0.39, 0.29) is 11.9 Å². The number of aromatic nitrogens is 1. The van der Waals surface area contributed by atoms with Gasteiger partial charge >= 0.3 is 6.03 Å². The van der Waals surface area contributed by atoms with Crippen LogP contribution in [0.2, 0.25) is 0 Å². The van der Waals surface area contributed by atoms with E-state index in [1.807, 2.05) is 12.1 Å². The molecule has 2 aromatic rings. The van der Waals surface area contributed by atoms with Gasteiger partial charge in [-0.05, 0) is 62.2 Å². The summed E-state index contributed by atoms with van der Waals surface area (Å²) >= 11 is 0. The lowest BCUT2D eigenvalue weighted by molar-refractivity contribution is -0.120. The van der Waals surface area contributed by atoms with Crippen molar-refractivity contribution in [1.29, 1.82) is 0 Å². The van der Waals surface area contributed by atoms with Crippen molar-refractivity contribution >= 4 is 28.5 Å². The molecule has 3 fully saturated rings. The molecule has 3 aliphatic rings. The van der Waals surface area contributed by atoms with Crippen LogP contribution in [0.5, 0.6) is 0 Å². The molecule has 5 rings (SSSR count). The smallest absolute Gasteiger partial charge is 0.328 e. The quantitative estimate of drug-likeness (QED) is 0.795. The molecule has 6 nitrogen and oxygen atoms in total. The van der Waals surface area contributed by atoms with Gasteiger partial charge in [-0.2, -0.15) is 0 Å². The fourth-order valence-corrected chi connectivity index (χ4v) is 5.98. The number of carbonyl (C=O) groups is 2. The first-order valence-corrected chi connectivity index (χ1v) is 12.0. The zero-order valence-electron chi connectivity index (χ0n) is 18.6. The Morgan fingerprint density at radius 3 is 2.52 bits per heavy atom. The molecule has 1 N–H and O–H groups in total. The number of piperidine rings is 1. The summed E-state index contributed by atoms with van der Waals surface area (Å²) in [7, 11) is 2.07. The number of imide groups is 1. The molecule has 0 spiro atoms. The predicted octanol–water partition coefficient (Wildman–Crippen LogP) is 4.38. The van der Waals surface area contributed by atoms with Gasteiger partial charge in [-0.1, -0.05) is 31.4 Å². The highest BCUT2D eigenvalue weighted by Gasteiger charge is 2.29. The molecular formula is C25H34N4O2. The standard InChI is InChI=1S/C25H34N4O2/c1-27-17-21(19-10-13-28(14-11-19)16-18-6-3-2-4-7-18)20-8-5-9-22(24(20)27)29-15-12-23(30)26-25(29)31/h5,8-9,17-19H,2-4,6-7,10-16H2,1H3,(H,26,30,31). The lowest BCUT2D eigenvalue weighted by Crippen LogP contribution is -2.49. The molecule has 1 aromatic heterocycles. The average Bonchev–Trinajstić information content (AvgIpc) is 3.12. The van der Waals surface area contributed by atoms with Crippen LogP contribution in [-0.4, -0.2) is 47.6 Å². The number of nitrogens with zero attached hydrogens (tertiary/aromatic N) is 3. The maximum absolute atomic E-state index is 12.4. The van der Waals surface area contributed by atoms with E-state index in [1.54, 1.807) is 4.90 Å². The first-order chi connectivity index (χ1) is 15.1. The van der Waals surface area contributed by atoms with E-state index in [4.69, 9.17) is 0 Å². The van der Waals surface area contributed by atoms with Crippen LogP contribution in [-0.2, 0) is 11.8 Å². The van der Waals surface area contributed by atoms with Crippen LogP contribution in [0.1, 0.15) is 62.8 Å². The molecule has 1 saturated carbocycles. The van der Waals surface area contributed by atoms with Gasteiger partial charge in [-0.3, -0.25) is 15.0 Å². The molecular weight excluding hydrogens is 388 g/mol. The van der Waals surface area contributed by atoms with Gasteiger partial charge in [0.25, 0.3) is 0 Å². The van der Waals surface area contributed by atoms with Crippen molar-refractivity contribution in [2.75, 3.05) is 31.1 Å².